The highest BCUT2D eigenvalue weighted by atomic mass is 35.5. The monoisotopic (exact) mass is 242 g/mol. The van der Waals surface area contributed by atoms with Crippen molar-refractivity contribution in [1.29, 1.82) is 0 Å². The van der Waals surface area contributed by atoms with Crippen molar-refractivity contribution in [3.8, 4) is 5.75 Å². The molecule has 16 heavy (non-hydrogen) atoms. The maximum atomic E-state index is 11.3. The number of nitrogens with one attached hydrogen (secondary N) is 1. The summed E-state index contributed by atoms with van der Waals surface area (Å²) in [6.45, 7) is 1.98. The molecule has 0 aliphatic heterocycles. The molecule has 88 valence electrons. The molecule has 0 aliphatic carbocycles. The number of ether oxygens (including phenoxy) is 1. The van der Waals surface area contributed by atoms with Gasteiger partial charge in [0.15, 0.2) is 0 Å². The normalized spacial score (nSPS) is 12.0. The molecule has 0 fully saturated rings. The molecular weight excluding hydrogens is 228 g/mol. The molecule has 0 aromatic heterocycles. The number of hydrogen-bond acceptors (Lipinski definition) is 3. The van der Waals surface area contributed by atoms with E-state index in [0.717, 1.165) is 5.56 Å². The third-order valence-electron chi connectivity index (χ3n) is 2.11. The van der Waals surface area contributed by atoms with E-state index in [2.05, 4.69) is 5.32 Å². The summed E-state index contributed by atoms with van der Waals surface area (Å²) in [5, 5.41) is 3.30. The number of hydrogen-bond donors (Lipinski definition) is 2. The molecular formula is C11H15ClN2O2. The topological polar surface area (TPSA) is 64.3 Å². The summed E-state index contributed by atoms with van der Waals surface area (Å²) in [6.07, 6.45) is 0. The van der Waals surface area contributed by atoms with Crippen LogP contribution in [0, 0.1) is 0 Å². The van der Waals surface area contributed by atoms with Crippen LogP contribution in [-0.2, 0) is 11.3 Å². The minimum absolute atomic E-state index is 0.206. The molecule has 4 nitrogen and oxygen atoms in total. The zero-order chi connectivity index (χ0) is 12.1. The number of halogens is 1. The van der Waals surface area contributed by atoms with E-state index in [9.17, 15) is 4.79 Å². The largest absolute Gasteiger partial charge is 0.496 e. The van der Waals surface area contributed by atoms with Gasteiger partial charge in [-0.2, -0.15) is 0 Å². The minimum atomic E-state index is -0.523. The fourth-order valence-corrected chi connectivity index (χ4v) is 1.42. The van der Waals surface area contributed by atoms with Gasteiger partial charge >= 0.3 is 0 Å². The van der Waals surface area contributed by atoms with E-state index in [1.807, 2.05) is 0 Å². The predicted molar refractivity (Wildman–Crippen MR) is 63.5 cm³/mol. The fraction of sp³-hybridized carbons (Fsp3) is 0.364. The molecule has 0 saturated carbocycles. The van der Waals surface area contributed by atoms with Crippen LogP contribution in [0.5, 0.6) is 5.75 Å². The van der Waals surface area contributed by atoms with Crippen molar-refractivity contribution in [3.63, 3.8) is 0 Å². The average molecular weight is 243 g/mol. The van der Waals surface area contributed by atoms with Gasteiger partial charge in [0, 0.05) is 17.1 Å². The average Bonchev–Trinajstić information content (AvgIpc) is 2.25. The van der Waals surface area contributed by atoms with Crippen molar-refractivity contribution in [2.45, 2.75) is 19.5 Å². The van der Waals surface area contributed by atoms with Crippen molar-refractivity contribution >= 4 is 17.5 Å². The molecule has 0 saturated heterocycles. The Morgan fingerprint density at radius 1 is 1.62 bits per heavy atom. The quantitative estimate of drug-likeness (QED) is 0.837. The third-order valence-corrected chi connectivity index (χ3v) is 2.34. The maximum Gasteiger partial charge on any atom is 0.236 e. The van der Waals surface area contributed by atoms with Crippen LogP contribution in [0.1, 0.15) is 12.5 Å². The van der Waals surface area contributed by atoms with Gasteiger partial charge in [0.25, 0.3) is 0 Å². The predicted octanol–water partition coefficient (Wildman–Crippen LogP) is 1.31. The second kappa shape index (κ2) is 5.72. The lowest BCUT2D eigenvalue weighted by Gasteiger charge is -2.11. The SMILES string of the molecule is COc1ccc(Cl)cc1CNC(=O)[C@@H](C)N. The van der Waals surface area contributed by atoms with E-state index < -0.39 is 6.04 Å². The van der Waals surface area contributed by atoms with E-state index >= 15 is 0 Å². The molecule has 0 unspecified atom stereocenters. The summed E-state index contributed by atoms with van der Waals surface area (Å²) in [4.78, 5) is 11.3. The molecule has 1 atom stereocenters. The Balaban J connectivity index is 2.72. The van der Waals surface area contributed by atoms with Crippen molar-refractivity contribution in [2.75, 3.05) is 7.11 Å². The molecule has 1 aromatic carbocycles. The number of carbonyl (C=O) groups excluding carboxylic acids is 1. The molecule has 1 aromatic rings. The van der Waals surface area contributed by atoms with Crippen molar-refractivity contribution in [1.82, 2.24) is 5.32 Å². The summed E-state index contributed by atoms with van der Waals surface area (Å²) in [5.41, 5.74) is 6.25. The van der Waals surface area contributed by atoms with Crippen LogP contribution in [0.25, 0.3) is 0 Å². The standard InChI is InChI=1S/C11H15ClN2O2/c1-7(13)11(15)14-6-8-5-9(12)3-4-10(8)16-2/h3-5,7H,6,13H2,1-2H3,(H,14,15)/t7-/m1/s1. The van der Waals surface area contributed by atoms with Crippen LogP contribution in [0.3, 0.4) is 0 Å². The van der Waals surface area contributed by atoms with E-state index in [4.69, 9.17) is 22.1 Å². The lowest BCUT2D eigenvalue weighted by atomic mass is 10.2. The second-order valence-corrected chi connectivity index (χ2v) is 3.90. The summed E-state index contributed by atoms with van der Waals surface area (Å²) < 4.78 is 5.15. The summed E-state index contributed by atoms with van der Waals surface area (Å²) in [5.74, 6) is 0.483. The Morgan fingerprint density at radius 3 is 2.88 bits per heavy atom. The van der Waals surface area contributed by atoms with Crippen molar-refractivity contribution in [2.24, 2.45) is 5.73 Å². The molecule has 0 spiro atoms. The highest BCUT2D eigenvalue weighted by Gasteiger charge is 2.09. The van der Waals surface area contributed by atoms with Crippen LogP contribution in [-0.4, -0.2) is 19.1 Å². The van der Waals surface area contributed by atoms with Crippen molar-refractivity contribution < 1.29 is 9.53 Å². The third kappa shape index (κ3) is 3.40. The highest BCUT2D eigenvalue weighted by Crippen LogP contribution is 2.22. The van der Waals surface area contributed by atoms with E-state index in [1.54, 1.807) is 32.2 Å². The lowest BCUT2D eigenvalue weighted by molar-refractivity contribution is -0.122. The van der Waals surface area contributed by atoms with Crippen LogP contribution >= 0.6 is 11.6 Å². The highest BCUT2D eigenvalue weighted by molar-refractivity contribution is 6.30. The number of amides is 1. The molecule has 0 aliphatic rings. The van der Waals surface area contributed by atoms with Crippen LogP contribution in [0.2, 0.25) is 5.02 Å². The number of rotatable bonds is 4. The van der Waals surface area contributed by atoms with Crippen LogP contribution < -0.4 is 15.8 Å². The van der Waals surface area contributed by atoms with Crippen LogP contribution in [0.4, 0.5) is 0 Å². The summed E-state index contributed by atoms with van der Waals surface area (Å²) in [7, 11) is 1.57. The summed E-state index contributed by atoms with van der Waals surface area (Å²) >= 11 is 5.86. The van der Waals surface area contributed by atoms with Gasteiger partial charge in [0.2, 0.25) is 5.91 Å². The molecule has 1 amide bonds. The molecule has 0 radical (unpaired) electrons. The van der Waals surface area contributed by atoms with Gasteiger partial charge in [-0.15, -0.1) is 0 Å². The first-order valence-corrected chi connectivity index (χ1v) is 5.28. The van der Waals surface area contributed by atoms with E-state index in [0.29, 0.717) is 17.3 Å². The maximum absolute atomic E-state index is 11.3. The zero-order valence-corrected chi connectivity index (χ0v) is 10.0. The van der Waals surface area contributed by atoms with Gasteiger partial charge < -0.3 is 15.8 Å². The Bertz CT molecular complexity index is 380. The lowest BCUT2D eigenvalue weighted by Crippen LogP contribution is -2.37. The molecule has 3 N–H and O–H groups in total. The minimum Gasteiger partial charge on any atom is -0.496 e. The molecule has 0 heterocycles. The number of nitrogens with two attached hydrogens (primary N) is 1. The summed E-state index contributed by atoms with van der Waals surface area (Å²) in [6, 6.07) is 4.72. The Kier molecular flexibility index (Phi) is 4.58. The Hall–Kier alpha value is -1.26. The van der Waals surface area contributed by atoms with Gasteiger partial charge in [-0.25, -0.2) is 0 Å². The second-order valence-electron chi connectivity index (χ2n) is 3.46. The molecule has 5 heteroatoms. The Morgan fingerprint density at radius 2 is 2.31 bits per heavy atom. The van der Waals surface area contributed by atoms with Crippen LogP contribution in [0.15, 0.2) is 18.2 Å². The van der Waals surface area contributed by atoms with Gasteiger partial charge in [0.1, 0.15) is 5.75 Å². The molecule has 0 bridgehead atoms. The first-order chi connectivity index (χ1) is 7.54. The van der Waals surface area contributed by atoms with Gasteiger partial charge in [-0.3, -0.25) is 4.79 Å². The van der Waals surface area contributed by atoms with E-state index in [-0.39, 0.29) is 5.91 Å². The zero-order valence-electron chi connectivity index (χ0n) is 9.29. The smallest absolute Gasteiger partial charge is 0.236 e. The fourth-order valence-electron chi connectivity index (χ4n) is 1.23. The Labute approximate surface area is 99.7 Å². The van der Waals surface area contributed by atoms with Crippen molar-refractivity contribution in [3.05, 3.63) is 28.8 Å². The van der Waals surface area contributed by atoms with E-state index in [1.165, 1.54) is 0 Å². The first-order valence-electron chi connectivity index (χ1n) is 4.90. The number of carbonyl (C=O) groups is 1. The first kappa shape index (κ1) is 12.8. The van der Waals surface area contributed by atoms with Gasteiger partial charge in [0.05, 0.1) is 13.2 Å². The molecule has 1 rings (SSSR count). The van der Waals surface area contributed by atoms with Gasteiger partial charge in [-0.1, -0.05) is 11.6 Å². The number of benzene rings is 1. The van der Waals surface area contributed by atoms with Gasteiger partial charge in [-0.05, 0) is 25.1 Å². The number of methoxy groups -OCH3 is 1.